The topological polar surface area (TPSA) is 34.3 Å². The van der Waals surface area contributed by atoms with Crippen LogP contribution in [0.1, 0.15) is 24.1 Å². The Kier molecular flexibility index (Phi) is 5.50. The number of nitrogens with zero attached hydrogens (tertiary/aromatic N) is 3. The fourth-order valence-corrected chi connectivity index (χ4v) is 4.96. The molecule has 6 heteroatoms. The van der Waals surface area contributed by atoms with Crippen LogP contribution in [0.4, 0.5) is 0 Å². The largest absolute Gasteiger partial charge is 0.371 e. The van der Waals surface area contributed by atoms with Gasteiger partial charge >= 0.3 is 0 Å². The lowest BCUT2D eigenvalue weighted by Crippen LogP contribution is -2.24. The second-order valence-electron chi connectivity index (χ2n) is 7.74. The molecular formula is C25H23BrN4S. The van der Waals surface area contributed by atoms with Crippen molar-refractivity contribution in [2.24, 2.45) is 0 Å². The van der Waals surface area contributed by atoms with Crippen molar-refractivity contribution in [3.05, 3.63) is 83.0 Å². The molecule has 0 amide bonds. The highest BCUT2D eigenvalue weighted by molar-refractivity contribution is 9.10. The number of hydrogen-bond acceptors (Lipinski definition) is 2. The number of rotatable bonds is 5. The molecule has 0 spiro atoms. The first-order chi connectivity index (χ1) is 15.2. The van der Waals surface area contributed by atoms with E-state index in [1.54, 1.807) is 0 Å². The SMILES string of the molecule is C=CCNC(=S)c1c(-c2ccc(Br)cc2)c2c3n(c(-c4ccccc4)nn13)CCCC2. The highest BCUT2D eigenvalue weighted by atomic mass is 79.9. The summed E-state index contributed by atoms with van der Waals surface area (Å²) in [5.41, 5.74) is 6.92. The summed E-state index contributed by atoms with van der Waals surface area (Å²) in [6.45, 7) is 5.40. The van der Waals surface area contributed by atoms with Gasteiger partial charge in [0.05, 0.1) is 0 Å². The van der Waals surface area contributed by atoms with E-state index in [9.17, 15) is 0 Å². The Morgan fingerprint density at radius 2 is 1.87 bits per heavy atom. The van der Waals surface area contributed by atoms with E-state index in [0.717, 1.165) is 58.6 Å². The molecule has 5 rings (SSSR count). The van der Waals surface area contributed by atoms with Crippen LogP contribution in [-0.2, 0) is 13.0 Å². The minimum Gasteiger partial charge on any atom is -0.371 e. The Labute approximate surface area is 195 Å². The average Bonchev–Trinajstić information content (AvgIpc) is 3.21. The van der Waals surface area contributed by atoms with Gasteiger partial charge in [0.1, 0.15) is 16.3 Å². The summed E-state index contributed by atoms with van der Waals surface area (Å²) in [4.78, 5) is 0.698. The number of aromatic nitrogens is 3. The van der Waals surface area contributed by atoms with E-state index in [2.05, 4.69) is 85.4 Å². The molecule has 3 heterocycles. The third kappa shape index (κ3) is 3.54. The van der Waals surface area contributed by atoms with E-state index >= 15 is 0 Å². The van der Waals surface area contributed by atoms with Crippen molar-refractivity contribution in [2.75, 3.05) is 6.54 Å². The number of benzene rings is 2. The predicted octanol–water partition coefficient (Wildman–Crippen LogP) is 6.02. The van der Waals surface area contributed by atoms with E-state index in [1.807, 2.05) is 12.1 Å². The van der Waals surface area contributed by atoms with Crippen LogP contribution >= 0.6 is 28.1 Å². The highest BCUT2D eigenvalue weighted by Crippen LogP contribution is 2.38. The van der Waals surface area contributed by atoms with Crippen LogP contribution in [0.3, 0.4) is 0 Å². The summed E-state index contributed by atoms with van der Waals surface area (Å²) in [6, 6.07) is 18.9. The van der Waals surface area contributed by atoms with E-state index < -0.39 is 0 Å². The molecule has 2 aromatic carbocycles. The van der Waals surface area contributed by atoms with Gasteiger partial charge in [-0.05, 0) is 37.0 Å². The molecule has 0 aliphatic carbocycles. The zero-order chi connectivity index (χ0) is 21.4. The number of nitrogens with one attached hydrogen (secondary N) is 1. The van der Waals surface area contributed by atoms with E-state index in [1.165, 1.54) is 11.1 Å². The van der Waals surface area contributed by atoms with Crippen molar-refractivity contribution in [2.45, 2.75) is 25.8 Å². The zero-order valence-corrected chi connectivity index (χ0v) is 19.5. The molecule has 0 unspecified atom stereocenters. The van der Waals surface area contributed by atoms with Crippen LogP contribution in [0.15, 0.2) is 71.7 Å². The third-order valence-corrected chi connectivity index (χ3v) is 6.64. The lowest BCUT2D eigenvalue weighted by Gasteiger charge is -2.11. The Morgan fingerprint density at radius 3 is 2.61 bits per heavy atom. The molecule has 156 valence electrons. The third-order valence-electron chi connectivity index (χ3n) is 5.77. The summed E-state index contributed by atoms with van der Waals surface area (Å²) in [5, 5.41) is 8.44. The minimum atomic E-state index is 0.618. The van der Waals surface area contributed by atoms with Gasteiger partial charge in [0, 0.05) is 34.3 Å². The second kappa shape index (κ2) is 8.44. The lowest BCUT2D eigenvalue weighted by molar-refractivity contribution is 0.645. The van der Waals surface area contributed by atoms with Crippen LogP contribution < -0.4 is 5.32 Å². The molecule has 0 radical (unpaired) electrons. The van der Waals surface area contributed by atoms with Crippen molar-refractivity contribution in [1.82, 2.24) is 19.5 Å². The Balaban J connectivity index is 1.82. The Morgan fingerprint density at radius 1 is 1.10 bits per heavy atom. The fourth-order valence-electron chi connectivity index (χ4n) is 4.42. The first kappa shape index (κ1) is 20.2. The Bertz CT molecular complexity index is 1270. The molecule has 0 saturated heterocycles. The first-order valence-electron chi connectivity index (χ1n) is 10.5. The summed E-state index contributed by atoms with van der Waals surface area (Å²) >= 11 is 9.44. The van der Waals surface area contributed by atoms with Gasteiger partial charge in [-0.3, -0.25) is 0 Å². The van der Waals surface area contributed by atoms with E-state index in [-0.39, 0.29) is 0 Å². The Hall–Kier alpha value is -2.70. The van der Waals surface area contributed by atoms with Gasteiger partial charge in [-0.2, -0.15) is 0 Å². The van der Waals surface area contributed by atoms with Crippen LogP contribution in [0.2, 0.25) is 0 Å². The summed E-state index contributed by atoms with van der Waals surface area (Å²) in [7, 11) is 0. The van der Waals surface area contributed by atoms with Crippen LogP contribution in [0.5, 0.6) is 0 Å². The van der Waals surface area contributed by atoms with Gasteiger partial charge < -0.3 is 9.88 Å². The molecule has 31 heavy (non-hydrogen) atoms. The molecule has 0 saturated carbocycles. The number of aryl methyl sites for hydroxylation is 2. The van der Waals surface area contributed by atoms with Crippen molar-refractivity contribution >= 4 is 38.8 Å². The molecule has 0 atom stereocenters. The molecular weight excluding hydrogens is 468 g/mol. The van der Waals surface area contributed by atoms with Crippen molar-refractivity contribution in [3.63, 3.8) is 0 Å². The maximum Gasteiger partial charge on any atom is 0.162 e. The quantitative estimate of drug-likeness (QED) is 0.274. The number of thiocarbonyl (C=S) groups is 1. The first-order valence-corrected chi connectivity index (χ1v) is 11.7. The predicted molar refractivity (Wildman–Crippen MR) is 135 cm³/mol. The van der Waals surface area contributed by atoms with Crippen molar-refractivity contribution in [3.8, 4) is 22.5 Å². The van der Waals surface area contributed by atoms with Gasteiger partial charge in [0.15, 0.2) is 5.82 Å². The van der Waals surface area contributed by atoms with Gasteiger partial charge in [0.2, 0.25) is 0 Å². The molecule has 0 fully saturated rings. The van der Waals surface area contributed by atoms with Gasteiger partial charge in [-0.1, -0.05) is 76.7 Å². The lowest BCUT2D eigenvalue weighted by atomic mass is 9.98. The van der Waals surface area contributed by atoms with Gasteiger partial charge in [-0.25, -0.2) is 4.52 Å². The average molecular weight is 491 g/mol. The molecule has 1 N–H and O–H groups in total. The summed E-state index contributed by atoms with van der Waals surface area (Å²) < 4.78 is 5.51. The minimum absolute atomic E-state index is 0.618. The van der Waals surface area contributed by atoms with Crippen LogP contribution in [0.25, 0.3) is 28.2 Å². The molecule has 4 aromatic rings. The smallest absolute Gasteiger partial charge is 0.162 e. The standard InChI is InChI=1S/C25H23BrN4S/c1-2-15-27-24(31)22-21(17-11-13-19(26)14-12-17)20-10-6-7-16-29-23(28-30(22)25(20)29)18-8-4-3-5-9-18/h2-5,8-9,11-14H,1,6-7,10,15-16H2,(H,27,31). The fraction of sp³-hybridized carbons (Fsp3) is 0.200. The highest BCUT2D eigenvalue weighted by Gasteiger charge is 2.29. The monoisotopic (exact) mass is 490 g/mol. The van der Waals surface area contributed by atoms with Crippen LogP contribution in [0, 0.1) is 0 Å². The molecule has 0 bridgehead atoms. The number of hydrogen-bond donors (Lipinski definition) is 1. The maximum absolute atomic E-state index is 5.87. The van der Waals surface area contributed by atoms with Crippen molar-refractivity contribution in [1.29, 1.82) is 0 Å². The molecule has 1 aliphatic heterocycles. The van der Waals surface area contributed by atoms with Crippen molar-refractivity contribution < 1.29 is 0 Å². The second-order valence-corrected chi connectivity index (χ2v) is 9.07. The molecule has 1 aliphatic rings. The van der Waals surface area contributed by atoms with Gasteiger partial charge in [-0.15, -0.1) is 11.7 Å². The number of halogens is 1. The summed E-state index contributed by atoms with van der Waals surface area (Å²) in [5.74, 6) is 0.994. The zero-order valence-electron chi connectivity index (χ0n) is 17.1. The van der Waals surface area contributed by atoms with Gasteiger partial charge in [0.25, 0.3) is 0 Å². The maximum atomic E-state index is 5.87. The molecule has 4 nitrogen and oxygen atoms in total. The summed E-state index contributed by atoms with van der Waals surface area (Å²) in [6.07, 6.45) is 5.12. The van der Waals surface area contributed by atoms with Crippen LogP contribution in [-0.4, -0.2) is 25.7 Å². The normalized spacial score (nSPS) is 13.2. The van der Waals surface area contributed by atoms with E-state index in [4.69, 9.17) is 17.3 Å². The molecule has 2 aromatic heterocycles. The van der Waals surface area contributed by atoms with E-state index in [0.29, 0.717) is 11.5 Å².